The van der Waals surface area contributed by atoms with E-state index >= 15 is 0 Å². The zero-order valence-corrected chi connectivity index (χ0v) is 7.25. The summed E-state index contributed by atoms with van der Waals surface area (Å²) in [5, 5.41) is 0.150. The molecule has 12 heavy (non-hydrogen) atoms. The standard InChI is InChI=1S/C8H7ClN2O/c1-3-6(2)12-7-4-5-10-8(9)11-7/h1,4-6H,2H3. The molecule has 0 aliphatic rings. The van der Waals surface area contributed by atoms with Gasteiger partial charge >= 0.3 is 0 Å². The first-order valence-corrected chi connectivity index (χ1v) is 3.71. The third kappa shape index (κ3) is 2.40. The first-order chi connectivity index (χ1) is 5.72. The molecule has 1 unspecified atom stereocenters. The molecule has 0 N–H and O–H groups in total. The molecule has 0 amide bonds. The van der Waals surface area contributed by atoms with Gasteiger partial charge in [-0.3, -0.25) is 0 Å². The molecule has 1 aromatic heterocycles. The van der Waals surface area contributed by atoms with Crippen molar-refractivity contribution in [3.05, 3.63) is 17.5 Å². The predicted molar refractivity (Wildman–Crippen MR) is 46.0 cm³/mol. The normalized spacial score (nSPS) is 11.8. The van der Waals surface area contributed by atoms with Crippen molar-refractivity contribution in [1.29, 1.82) is 0 Å². The van der Waals surface area contributed by atoms with Gasteiger partial charge in [-0.15, -0.1) is 6.42 Å². The lowest BCUT2D eigenvalue weighted by atomic mass is 10.4. The average molecular weight is 183 g/mol. The van der Waals surface area contributed by atoms with Gasteiger partial charge in [-0.1, -0.05) is 5.92 Å². The van der Waals surface area contributed by atoms with Crippen molar-refractivity contribution in [2.75, 3.05) is 0 Å². The van der Waals surface area contributed by atoms with E-state index in [1.165, 1.54) is 6.20 Å². The van der Waals surface area contributed by atoms with Crippen LogP contribution in [0.5, 0.6) is 5.88 Å². The number of terminal acetylenes is 1. The highest BCUT2D eigenvalue weighted by Crippen LogP contribution is 2.09. The van der Waals surface area contributed by atoms with Crippen molar-refractivity contribution in [2.45, 2.75) is 13.0 Å². The summed E-state index contributed by atoms with van der Waals surface area (Å²) < 4.78 is 5.17. The lowest BCUT2D eigenvalue weighted by Gasteiger charge is -2.06. The Bertz CT molecular complexity index is 308. The topological polar surface area (TPSA) is 35.0 Å². The number of hydrogen-bond acceptors (Lipinski definition) is 3. The number of ether oxygens (including phenoxy) is 1. The Balaban J connectivity index is 2.71. The third-order valence-corrected chi connectivity index (χ3v) is 1.31. The molecule has 62 valence electrons. The molecule has 0 saturated carbocycles. The quantitative estimate of drug-likeness (QED) is 0.514. The van der Waals surface area contributed by atoms with Crippen molar-refractivity contribution in [2.24, 2.45) is 0 Å². The fraction of sp³-hybridized carbons (Fsp3) is 0.250. The van der Waals surface area contributed by atoms with Gasteiger partial charge in [0.2, 0.25) is 11.2 Å². The van der Waals surface area contributed by atoms with Crippen LogP contribution in [-0.4, -0.2) is 16.1 Å². The Morgan fingerprint density at radius 3 is 3.08 bits per heavy atom. The average Bonchev–Trinajstić information content (AvgIpc) is 2.04. The van der Waals surface area contributed by atoms with Crippen molar-refractivity contribution < 1.29 is 4.74 Å². The maximum Gasteiger partial charge on any atom is 0.225 e. The second-order valence-electron chi connectivity index (χ2n) is 2.09. The second kappa shape index (κ2) is 3.93. The molecule has 1 rings (SSSR count). The van der Waals surface area contributed by atoms with Gasteiger partial charge in [0.1, 0.15) is 0 Å². The fourth-order valence-corrected chi connectivity index (χ4v) is 0.740. The van der Waals surface area contributed by atoms with Gasteiger partial charge in [-0.2, -0.15) is 4.98 Å². The first kappa shape index (κ1) is 8.82. The van der Waals surface area contributed by atoms with Crippen LogP contribution in [0.3, 0.4) is 0 Å². The Kier molecular flexibility index (Phi) is 2.89. The number of halogens is 1. The molecule has 1 heterocycles. The highest BCUT2D eigenvalue weighted by Gasteiger charge is 2.00. The van der Waals surface area contributed by atoms with E-state index in [9.17, 15) is 0 Å². The summed E-state index contributed by atoms with van der Waals surface area (Å²) in [7, 11) is 0. The minimum Gasteiger partial charge on any atom is -0.461 e. The lowest BCUT2D eigenvalue weighted by Crippen LogP contribution is -2.09. The summed E-state index contributed by atoms with van der Waals surface area (Å²) in [5.74, 6) is 2.80. The van der Waals surface area contributed by atoms with Crippen LogP contribution in [0.1, 0.15) is 6.92 Å². The zero-order valence-electron chi connectivity index (χ0n) is 6.49. The number of aromatic nitrogens is 2. The molecule has 3 nitrogen and oxygen atoms in total. The van der Waals surface area contributed by atoms with Crippen molar-refractivity contribution in [3.63, 3.8) is 0 Å². The van der Waals surface area contributed by atoms with E-state index < -0.39 is 0 Å². The summed E-state index contributed by atoms with van der Waals surface area (Å²) in [4.78, 5) is 7.49. The van der Waals surface area contributed by atoms with Crippen molar-refractivity contribution in [3.8, 4) is 18.2 Å². The van der Waals surface area contributed by atoms with Crippen LogP contribution in [0.4, 0.5) is 0 Å². The first-order valence-electron chi connectivity index (χ1n) is 3.33. The van der Waals surface area contributed by atoms with Crippen molar-refractivity contribution >= 4 is 11.6 Å². The zero-order chi connectivity index (χ0) is 8.97. The van der Waals surface area contributed by atoms with Gasteiger partial charge in [0, 0.05) is 12.3 Å². The maximum absolute atomic E-state index is 5.52. The Labute approximate surface area is 75.7 Å². The molecule has 0 radical (unpaired) electrons. The SMILES string of the molecule is C#CC(C)Oc1ccnc(Cl)n1. The minimum atomic E-state index is -0.309. The van der Waals surface area contributed by atoms with Crippen LogP contribution in [0, 0.1) is 12.3 Å². The number of hydrogen-bond donors (Lipinski definition) is 0. The predicted octanol–water partition coefficient (Wildman–Crippen LogP) is 1.53. The maximum atomic E-state index is 5.52. The van der Waals surface area contributed by atoms with Crippen LogP contribution in [-0.2, 0) is 0 Å². The molecule has 0 fully saturated rings. The molecule has 0 bridgehead atoms. The molecule has 0 spiro atoms. The smallest absolute Gasteiger partial charge is 0.225 e. The van der Waals surface area contributed by atoms with E-state index in [1.807, 2.05) is 0 Å². The van der Waals surface area contributed by atoms with Crippen molar-refractivity contribution in [1.82, 2.24) is 9.97 Å². The molecular formula is C8H7ClN2O. The number of nitrogens with zero attached hydrogens (tertiary/aromatic N) is 2. The largest absolute Gasteiger partial charge is 0.461 e. The molecule has 0 aromatic carbocycles. The summed E-state index contributed by atoms with van der Waals surface area (Å²) in [6.45, 7) is 1.75. The van der Waals surface area contributed by atoms with E-state index in [0.29, 0.717) is 5.88 Å². The van der Waals surface area contributed by atoms with Gasteiger partial charge in [-0.25, -0.2) is 4.98 Å². The molecule has 4 heteroatoms. The summed E-state index contributed by atoms with van der Waals surface area (Å²) in [6.07, 6.45) is 6.31. The van der Waals surface area contributed by atoms with E-state index in [4.69, 9.17) is 22.8 Å². The Morgan fingerprint density at radius 2 is 2.50 bits per heavy atom. The Morgan fingerprint density at radius 1 is 1.75 bits per heavy atom. The molecule has 0 aliphatic carbocycles. The molecule has 0 saturated heterocycles. The van der Waals surface area contributed by atoms with Gasteiger partial charge in [0.25, 0.3) is 0 Å². The third-order valence-electron chi connectivity index (χ3n) is 1.13. The van der Waals surface area contributed by atoms with Crippen LogP contribution in [0.25, 0.3) is 0 Å². The Hall–Kier alpha value is -1.27. The summed E-state index contributed by atoms with van der Waals surface area (Å²) in [6, 6.07) is 1.60. The van der Waals surface area contributed by atoms with E-state index in [1.54, 1.807) is 13.0 Å². The van der Waals surface area contributed by atoms with Gasteiger partial charge in [-0.05, 0) is 18.5 Å². The minimum absolute atomic E-state index is 0.150. The monoisotopic (exact) mass is 182 g/mol. The highest BCUT2D eigenvalue weighted by molar-refractivity contribution is 6.28. The van der Waals surface area contributed by atoms with Gasteiger partial charge < -0.3 is 4.74 Å². The highest BCUT2D eigenvalue weighted by atomic mass is 35.5. The van der Waals surface area contributed by atoms with Crippen LogP contribution in [0.2, 0.25) is 5.28 Å². The van der Waals surface area contributed by atoms with E-state index in [2.05, 4.69) is 15.9 Å². The number of rotatable bonds is 2. The fourth-order valence-electron chi connectivity index (χ4n) is 0.600. The van der Waals surface area contributed by atoms with Gasteiger partial charge in [0.15, 0.2) is 6.10 Å². The summed E-state index contributed by atoms with van der Waals surface area (Å²) >= 11 is 5.52. The molecular weight excluding hydrogens is 176 g/mol. The van der Waals surface area contributed by atoms with E-state index in [0.717, 1.165) is 0 Å². The van der Waals surface area contributed by atoms with Crippen LogP contribution < -0.4 is 4.74 Å². The summed E-state index contributed by atoms with van der Waals surface area (Å²) in [5.41, 5.74) is 0. The van der Waals surface area contributed by atoms with Crippen LogP contribution >= 0.6 is 11.6 Å². The van der Waals surface area contributed by atoms with Crippen LogP contribution in [0.15, 0.2) is 12.3 Å². The van der Waals surface area contributed by atoms with Gasteiger partial charge in [0.05, 0.1) is 0 Å². The second-order valence-corrected chi connectivity index (χ2v) is 2.43. The van der Waals surface area contributed by atoms with E-state index in [-0.39, 0.29) is 11.4 Å². The molecule has 1 atom stereocenters. The molecule has 1 aromatic rings. The molecule has 0 aliphatic heterocycles. The lowest BCUT2D eigenvalue weighted by molar-refractivity contribution is 0.267.